The van der Waals surface area contributed by atoms with Crippen LogP contribution < -0.4 is 5.32 Å². The van der Waals surface area contributed by atoms with Gasteiger partial charge in [-0.25, -0.2) is 0 Å². The first-order chi connectivity index (χ1) is 9.91. The Morgan fingerprint density at radius 2 is 1.91 bits per heavy atom. The minimum absolute atomic E-state index is 0. The summed E-state index contributed by atoms with van der Waals surface area (Å²) in [7, 11) is 0. The van der Waals surface area contributed by atoms with Gasteiger partial charge in [0.25, 0.3) is 0 Å². The molecule has 0 amide bonds. The molecule has 2 nitrogen and oxygen atoms in total. The van der Waals surface area contributed by atoms with Crippen molar-refractivity contribution in [1.29, 1.82) is 0 Å². The molecule has 1 saturated heterocycles. The zero-order valence-corrected chi connectivity index (χ0v) is 14.4. The standard InChI is InChI=1S/C15H18BrF3N2.ClH/c1-2-3-14(21-6-4-20-5-7-21)11-8-12(15(17,18)19)10-13(16)9-11;/h2,8-10,14,20H,1,3-7H2;1H/t14-;/m0./s1. The van der Waals surface area contributed by atoms with Crippen molar-refractivity contribution in [1.82, 2.24) is 10.2 Å². The first-order valence-electron chi connectivity index (χ1n) is 6.85. The number of hydrogen-bond acceptors (Lipinski definition) is 2. The highest BCUT2D eigenvalue weighted by Crippen LogP contribution is 2.35. The van der Waals surface area contributed by atoms with E-state index in [-0.39, 0.29) is 18.4 Å². The van der Waals surface area contributed by atoms with Crippen LogP contribution in [0.15, 0.2) is 35.3 Å². The Hall–Kier alpha value is -0.560. The van der Waals surface area contributed by atoms with Crippen LogP contribution in [0.5, 0.6) is 0 Å². The van der Waals surface area contributed by atoms with Gasteiger partial charge in [-0.15, -0.1) is 19.0 Å². The third-order valence-corrected chi connectivity index (χ3v) is 4.07. The molecular weight excluding hydrogens is 381 g/mol. The van der Waals surface area contributed by atoms with Gasteiger partial charge < -0.3 is 5.32 Å². The lowest BCUT2D eigenvalue weighted by atomic mass is 9.99. The average molecular weight is 400 g/mol. The lowest BCUT2D eigenvalue weighted by Crippen LogP contribution is -2.45. The fraction of sp³-hybridized carbons (Fsp3) is 0.467. The maximum Gasteiger partial charge on any atom is 0.416 e. The van der Waals surface area contributed by atoms with Crippen molar-refractivity contribution >= 4 is 28.3 Å². The Kier molecular flexibility index (Phi) is 7.38. The fourth-order valence-electron chi connectivity index (χ4n) is 2.62. The molecule has 2 rings (SSSR count). The van der Waals surface area contributed by atoms with E-state index >= 15 is 0 Å². The molecule has 0 aliphatic carbocycles. The summed E-state index contributed by atoms with van der Waals surface area (Å²) in [4.78, 5) is 2.21. The van der Waals surface area contributed by atoms with Crippen LogP contribution in [0.2, 0.25) is 0 Å². The average Bonchev–Trinajstić information content (AvgIpc) is 2.44. The first-order valence-corrected chi connectivity index (χ1v) is 7.64. The molecule has 1 N–H and O–H groups in total. The number of nitrogens with zero attached hydrogens (tertiary/aromatic N) is 1. The first kappa shape index (κ1) is 19.5. The number of rotatable bonds is 4. The van der Waals surface area contributed by atoms with E-state index in [1.165, 1.54) is 6.07 Å². The summed E-state index contributed by atoms with van der Waals surface area (Å²) >= 11 is 3.19. The zero-order valence-electron chi connectivity index (χ0n) is 12.0. The normalized spacial score (nSPS) is 17.6. The number of nitrogens with one attached hydrogen (secondary N) is 1. The molecule has 1 aliphatic heterocycles. The molecule has 22 heavy (non-hydrogen) atoms. The summed E-state index contributed by atoms with van der Waals surface area (Å²) in [5.41, 5.74) is 0.0644. The van der Waals surface area contributed by atoms with Crippen molar-refractivity contribution in [2.45, 2.75) is 18.6 Å². The van der Waals surface area contributed by atoms with E-state index in [0.29, 0.717) is 16.5 Å². The molecule has 1 aromatic rings. The monoisotopic (exact) mass is 398 g/mol. The predicted octanol–water partition coefficient (Wildman–Crippen LogP) is 4.41. The van der Waals surface area contributed by atoms with E-state index in [4.69, 9.17) is 0 Å². The Balaban J connectivity index is 0.00000242. The van der Waals surface area contributed by atoms with E-state index in [2.05, 4.69) is 32.7 Å². The molecule has 1 atom stereocenters. The molecule has 0 bridgehead atoms. The molecule has 0 unspecified atom stereocenters. The van der Waals surface area contributed by atoms with Crippen molar-refractivity contribution < 1.29 is 13.2 Å². The van der Waals surface area contributed by atoms with E-state index < -0.39 is 11.7 Å². The smallest absolute Gasteiger partial charge is 0.314 e. The second-order valence-corrected chi connectivity index (χ2v) is 6.01. The molecule has 1 fully saturated rings. The van der Waals surface area contributed by atoms with Gasteiger partial charge in [-0.3, -0.25) is 4.90 Å². The zero-order chi connectivity index (χ0) is 15.5. The maximum absolute atomic E-state index is 13.0. The van der Waals surface area contributed by atoms with Gasteiger partial charge in [0.2, 0.25) is 0 Å². The van der Waals surface area contributed by atoms with Gasteiger partial charge in [0.15, 0.2) is 0 Å². The highest BCUT2D eigenvalue weighted by molar-refractivity contribution is 9.10. The van der Waals surface area contributed by atoms with Crippen LogP contribution in [-0.4, -0.2) is 31.1 Å². The highest BCUT2D eigenvalue weighted by Gasteiger charge is 2.32. The lowest BCUT2D eigenvalue weighted by Gasteiger charge is -2.35. The van der Waals surface area contributed by atoms with Crippen molar-refractivity contribution in [2.24, 2.45) is 0 Å². The van der Waals surface area contributed by atoms with Gasteiger partial charge in [0.05, 0.1) is 5.56 Å². The predicted molar refractivity (Wildman–Crippen MR) is 88.4 cm³/mol. The molecule has 7 heteroatoms. The molecule has 0 radical (unpaired) electrons. The SMILES string of the molecule is C=CC[C@@H](c1cc(Br)cc(C(F)(F)F)c1)N1CCNCC1.Cl. The maximum atomic E-state index is 13.0. The van der Waals surface area contributed by atoms with E-state index in [1.807, 2.05) is 0 Å². The largest absolute Gasteiger partial charge is 0.416 e. The molecule has 1 aromatic carbocycles. The summed E-state index contributed by atoms with van der Waals surface area (Å²) in [5.74, 6) is 0. The Labute approximate surface area is 143 Å². The van der Waals surface area contributed by atoms with Gasteiger partial charge in [-0.05, 0) is 30.2 Å². The summed E-state index contributed by atoms with van der Waals surface area (Å²) in [6.07, 6.45) is -1.94. The third-order valence-electron chi connectivity index (χ3n) is 3.61. The number of hydrogen-bond donors (Lipinski definition) is 1. The van der Waals surface area contributed by atoms with Crippen LogP contribution in [0.1, 0.15) is 23.6 Å². The summed E-state index contributed by atoms with van der Waals surface area (Å²) in [6, 6.07) is 4.07. The number of halogens is 5. The molecule has 0 saturated carbocycles. The van der Waals surface area contributed by atoms with Crippen LogP contribution in [0.4, 0.5) is 13.2 Å². The van der Waals surface area contributed by atoms with Gasteiger partial charge in [0.1, 0.15) is 0 Å². The lowest BCUT2D eigenvalue weighted by molar-refractivity contribution is -0.137. The van der Waals surface area contributed by atoms with E-state index in [9.17, 15) is 13.2 Å². The Bertz CT molecular complexity index is 502. The van der Waals surface area contributed by atoms with Gasteiger partial charge in [-0.2, -0.15) is 13.2 Å². The Morgan fingerprint density at radius 1 is 1.27 bits per heavy atom. The quantitative estimate of drug-likeness (QED) is 0.754. The summed E-state index contributed by atoms with van der Waals surface area (Å²) < 4.78 is 39.4. The second-order valence-electron chi connectivity index (χ2n) is 5.10. The molecular formula is C15H19BrClF3N2. The number of alkyl halides is 3. The van der Waals surface area contributed by atoms with Gasteiger partial charge >= 0.3 is 6.18 Å². The van der Waals surface area contributed by atoms with Gasteiger partial charge in [-0.1, -0.05) is 22.0 Å². The molecule has 0 aromatic heterocycles. The number of benzene rings is 1. The van der Waals surface area contributed by atoms with Crippen LogP contribution in [0.3, 0.4) is 0 Å². The number of piperazine rings is 1. The summed E-state index contributed by atoms with van der Waals surface area (Å²) in [5, 5.41) is 3.25. The topological polar surface area (TPSA) is 15.3 Å². The Morgan fingerprint density at radius 3 is 2.45 bits per heavy atom. The van der Waals surface area contributed by atoms with Crippen molar-refractivity contribution in [3.8, 4) is 0 Å². The van der Waals surface area contributed by atoms with Crippen LogP contribution >= 0.6 is 28.3 Å². The van der Waals surface area contributed by atoms with Crippen molar-refractivity contribution in [3.05, 3.63) is 46.5 Å². The minimum atomic E-state index is -4.33. The van der Waals surface area contributed by atoms with E-state index in [0.717, 1.165) is 32.2 Å². The highest BCUT2D eigenvalue weighted by atomic mass is 79.9. The van der Waals surface area contributed by atoms with Crippen LogP contribution in [0, 0.1) is 0 Å². The second kappa shape index (κ2) is 8.34. The minimum Gasteiger partial charge on any atom is -0.314 e. The molecule has 1 heterocycles. The van der Waals surface area contributed by atoms with Crippen molar-refractivity contribution in [2.75, 3.05) is 26.2 Å². The van der Waals surface area contributed by atoms with Crippen LogP contribution in [0.25, 0.3) is 0 Å². The van der Waals surface area contributed by atoms with E-state index in [1.54, 1.807) is 12.1 Å². The molecule has 0 spiro atoms. The van der Waals surface area contributed by atoms with Crippen LogP contribution in [-0.2, 0) is 6.18 Å². The molecule has 1 aliphatic rings. The fourth-order valence-corrected chi connectivity index (χ4v) is 3.13. The van der Waals surface area contributed by atoms with Gasteiger partial charge in [0, 0.05) is 36.7 Å². The van der Waals surface area contributed by atoms with Crippen molar-refractivity contribution in [3.63, 3.8) is 0 Å². The summed E-state index contributed by atoms with van der Waals surface area (Å²) in [6.45, 7) is 7.10. The molecule has 124 valence electrons. The third kappa shape index (κ3) is 4.98.